The Bertz CT molecular complexity index is 343. The Hall–Kier alpha value is -0.650. The Kier molecular flexibility index (Phi) is 7.12. The molecule has 0 bridgehead atoms. The second-order valence-electron chi connectivity index (χ2n) is 6.79. The molecule has 2 rings (SSSR count). The van der Waals surface area contributed by atoms with Gasteiger partial charge in [0, 0.05) is 19.7 Å². The number of carbonyl (C=O) groups is 1. The summed E-state index contributed by atoms with van der Waals surface area (Å²) in [5, 5.41) is 6.36. The van der Waals surface area contributed by atoms with Gasteiger partial charge in [0.1, 0.15) is 5.60 Å². The monoisotopic (exact) mass is 311 g/mol. The standard InChI is InChI=1S/C17H33N3O2/c1-15-7-3-5-13-20(15)14-6-4-10-19-16(21)17(22-2)8-11-18-12-9-17/h15,18H,3-14H2,1-2H3,(H,19,21). The molecule has 2 aliphatic rings. The molecule has 0 radical (unpaired) electrons. The summed E-state index contributed by atoms with van der Waals surface area (Å²) in [7, 11) is 1.66. The lowest BCUT2D eigenvalue weighted by Crippen LogP contribution is -2.54. The molecule has 0 aromatic heterocycles. The molecule has 2 heterocycles. The van der Waals surface area contributed by atoms with Gasteiger partial charge in [0.25, 0.3) is 5.91 Å². The van der Waals surface area contributed by atoms with Crippen LogP contribution in [0.15, 0.2) is 0 Å². The lowest BCUT2D eigenvalue weighted by molar-refractivity contribution is -0.146. The van der Waals surface area contributed by atoms with Crippen LogP contribution in [0.2, 0.25) is 0 Å². The maximum atomic E-state index is 12.4. The number of ether oxygens (including phenoxy) is 1. The van der Waals surface area contributed by atoms with Gasteiger partial charge in [-0.15, -0.1) is 0 Å². The van der Waals surface area contributed by atoms with Crippen molar-refractivity contribution in [1.29, 1.82) is 0 Å². The molecule has 0 aromatic rings. The van der Waals surface area contributed by atoms with Gasteiger partial charge < -0.3 is 20.3 Å². The Morgan fingerprint density at radius 3 is 2.77 bits per heavy atom. The number of piperidine rings is 2. The van der Waals surface area contributed by atoms with E-state index in [0.29, 0.717) is 0 Å². The van der Waals surface area contributed by atoms with Crippen molar-refractivity contribution in [3.05, 3.63) is 0 Å². The maximum absolute atomic E-state index is 12.4. The second-order valence-corrected chi connectivity index (χ2v) is 6.79. The van der Waals surface area contributed by atoms with Gasteiger partial charge in [-0.1, -0.05) is 6.42 Å². The second kappa shape index (κ2) is 8.85. The van der Waals surface area contributed by atoms with Crippen LogP contribution in [0, 0.1) is 0 Å². The van der Waals surface area contributed by atoms with Crippen LogP contribution in [0.1, 0.15) is 51.9 Å². The first kappa shape index (κ1) is 17.7. The van der Waals surface area contributed by atoms with Crippen LogP contribution in [-0.2, 0) is 9.53 Å². The first-order valence-corrected chi connectivity index (χ1v) is 8.96. The third-order valence-corrected chi connectivity index (χ3v) is 5.31. The lowest BCUT2D eigenvalue weighted by atomic mass is 9.91. The highest BCUT2D eigenvalue weighted by Crippen LogP contribution is 2.22. The minimum atomic E-state index is -0.605. The summed E-state index contributed by atoms with van der Waals surface area (Å²) < 4.78 is 5.55. The fourth-order valence-corrected chi connectivity index (χ4v) is 3.65. The normalized spacial score (nSPS) is 25.8. The quantitative estimate of drug-likeness (QED) is 0.700. The van der Waals surface area contributed by atoms with Crippen molar-refractivity contribution in [1.82, 2.24) is 15.5 Å². The van der Waals surface area contributed by atoms with Crippen molar-refractivity contribution in [3.8, 4) is 0 Å². The maximum Gasteiger partial charge on any atom is 0.252 e. The smallest absolute Gasteiger partial charge is 0.252 e. The van der Waals surface area contributed by atoms with E-state index in [1.54, 1.807) is 7.11 Å². The number of amides is 1. The highest BCUT2D eigenvalue weighted by Gasteiger charge is 2.39. The molecule has 0 spiro atoms. The number of likely N-dealkylation sites (tertiary alicyclic amines) is 1. The highest BCUT2D eigenvalue weighted by atomic mass is 16.5. The first-order valence-electron chi connectivity index (χ1n) is 8.96. The molecule has 0 aromatic carbocycles. The molecule has 1 amide bonds. The Morgan fingerprint density at radius 2 is 2.09 bits per heavy atom. The molecule has 5 heteroatoms. The number of methoxy groups -OCH3 is 1. The number of carbonyl (C=O) groups excluding carboxylic acids is 1. The van der Waals surface area contributed by atoms with Crippen LogP contribution in [0.5, 0.6) is 0 Å². The number of unbranched alkanes of at least 4 members (excludes halogenated alkanes) is 1. The molecule has 2 N–H and O–H groups in total. The zero-order valence-corrected chi connectivity index (χ0v) is 14.3. The fraction of sp³-hybridized carbons (Fsp3) is 0.941. The number of nitrogens with zero attached hydrogens (tertiary/aromatic N) is 1. The molecule has 2 fully saturated rings. The molecular formula is C17H33N3O2. The van der Waals surface area contributed by atoms with Gasteiger partial charge in [-0.05, 0) is 71.6 Å². The van der Waals surface area contributed by atoms with Gasteiger partial charge >= 0.3 is 0 Å². The average molecular weight is 311 g/mol. The van der Waals surface area contributed by atoms with Crippen LogP contribution < -0.4 is 10.6 Å². The molecule has 0 saturated carbocycles. The van der Waals surface area contributed by atoms with Gasteiger partial charge in [0.15, 0.2) is 0 Å². The van der Waals surface area contributed by atoms with E-state index in [2.05, 4.69) is 22.5 Å². The van der Waals surface area contributed by atoms with E-state index in [9.17, 15) is 4.79 Å². The van der Waals surface area contributed by atoms with Crippen molar-refractivity contribution in [2.75, 3.05) is 39.8 Å². The summed E-state index contributed by atoms with van der Waals surface area (Å²) in [6, 6.07) is 0.731. The number of hydrogen-bond donors (Lipinski definition) is 2. The number of nitrogens with one attached hydrogen (secondary N) is 2. The molecule has 1 atom stereocenters. The minimum Gasteiger partial charge on any atom is -0.368 e. The van der Waals surface area contributed by atoms with Crippen LogP contribution in [0.25, 0.3) is 0 Å². The van der Waals surface area contributed by atoms with Crippen molar-refractivity contribution in [3.63, 3.8) is 0 Å². The van der Waals surface area contributed by atoms with E-state index >= 15 is 0 Å². The minimum absolute atomic E-state index is 0.0721. The number of hydrogen-bond acceptors (Lipinski definition) is 4. The van der Waals surface area contributed by atoms with Crippen molar-refractivity contribution in [2.45, 2.75) is 63.5 Å². The predicted molar refractivity (Wildman–Crippen MR) is 89.0 cm³/mol. The van der Waals surface area contributed by atoms with E-state index < -0.39 is 5.60 Å². The zero-order valence-electron chi connectivity index (χ0n) is 14.3. The van der Waals surface area contributed by atoms with E-state index in [4.69, 9.17) is 4.74 Å². The van der Waals surface area contributed by atoms with Gasteiger partial charge in [-0.3, -0.25) is 4.79 Å². The summed E-state index contributed by atoms with van der Waals surface area (Å²) in [6.45, 7) is 7.21. The largest absolute Gasteiger partial charge is 0.368 e. The van der Waals surface area contributed by atoms with Crippen LogP contribution >= 0.6 is 0 Å². The van der Waals surface area contributed by atoms with E-state index in [1.807, 2.05) is 0 Å². The fourth-order valence-electron chi connectivity index (χ4n) is 3.65. The van der Waals surface area contributed by atoms with Crippen LogP contribution in [0.4, 0.5) is 0 Å². The highest BCUT2D eigenvalue weighted by molar-refractivity contribution is 5.85. The summed E-state index contributed by atoms with van der Waals surface area (Å²) in [6.07, 6.45) is 7.79. The molecular weight excluding hydrogens is 278 g/mol. The number of rotatable bonds is 7. The molecule has 2 saturated heterocycles. The summed E-state index contributed by atoms with van der Waals surface area (Å²) in [5.41, 5.74) is -0.605. The summed E-state index contributed by atoms with van der Waals surface area (Å²) >= 11 is 0. The van der Waals surface area contributed by atoms with E-state index in [0.717, 1.165) is 57.9 Å². The molecule has 1 unspecified atom stereocenters. The Morgan fingerprint density at radius 1 is 1.32 bits per heavy atom. The first-order chi connectivity index (χ1) is 10.7. The van der Waals surface area contributed by atoms with E-state index in [-0.39, 0.29) is 5.91 Å². The molecule has 5 nitrogen and oxygen atoms in total. The van der Waals surface area contributed by atoms with Gasteiger partial charge in [0.2, 0.25) is 0 Å². The molecule has 2 aliphatic heterocycles. The van der Waals surface area contributed by atoms with Crippen molar-refractivity contribution >= 4 is 5.91 Å². The SMILES string of the molecule is COC1(C(=O)NCCCCN2CCCCC2C)CCNCC1. The Labute approximate surface area is 135 Å². The van der Waals surface area contributed by atoms with Gasteiger partial charge in [-0.2, -0.15) is 0 Å². The third kappa shape index (κ3) is 4.67. The predicted octanol–water partition coefficient (Wildman–Crippen LogP) is 1.53. The van der Waals surface area contributed by atoms with Crippen LogP contribution in [0.3, 0.4) is 0 Å². The molecule has 22 heavy (non-hydrogen) atoms. The van der Waals surface area contributed by atoms with Crippen molar-refractivity contribution < 1.29 is 9.53 Å². The van der Waals surface area contributed by atoms with Gasteiger partial charge in [-0.25, -0.2) is 0 Å². The zero-order chi connectivity index (χ0) is 15.8. The summed E-state index contributed by atoms with van der Waals surface area (Å²) in [5.74, 6) is 0.0721. The molecule has 128 valence electrons. The topological polar surface area (TPSA) is 53.6 Å². The van der Waals surface area contributed by atoms with E-state index in [1.165, 1.54) is 25.8 Å². The molecule has 0 aliphatic carbocycles. The summed E-state index contributed by atoms with van der Waals surface area (Å²) in [4.78, 5) is 15.0. The van der Waals surface area contributed by atoms with Crippen LogP contribution in [-0.4, -0.2) is 62.3 Å². The van der Waals surface area contributed by atoms with Crippen molar-refractivity contribution in [2.24, 2.45) is 0 Å². The lowest BCUT2D eigenvalue weighted by Gasteiger charge is -2.35. The average Bonchev–Trinajstić information content (AvgIpc) is 2.56. The van der Waals surface area contributed by atoms with Gasteiger partial charge in [0.05, 0.1) is 0 Å². The Balaban J connectivity index is 1.62. The third-order valence-electron chi connectivity index (χ3n) is 5.31.